The van der Waals surface area contributed by atoms with Gasteiger partial charge in [-0.05, 0) is 28.9 Å². The smallest absolute Gasteiger partial charge is 0.137 e. The van der Waals surface area contributed by atoms with E-state index < -0.39 is 0 Å². The summed E-state index contributed by atoms with van der Waals surface area (Å²) in [6.07, 6.45) is 0.866. The molecule has 0 atom stereocenters. The van der Waals surface area contributed by atoms with E-state index in [2.05, 4.69) is 22.5 Å². The molecule has 0 saturated heterocycles. The lowest BCUT2D eigenvalue weighted by molar-refractivity contribution is 0.316. The summed E-state index contributed by atoms with van der Waals surface area (Å²) in [4.78, 5) is 0. The first-order valence-corrected chi connectivity index (χ1v) is 5.69. The molecule has 3 heteroatoms. The molecule has 1 rings (SSSR count). The van der Waals surface area contributed by atoms with Gasteiger partial charge in [-0.2, -0.15) is 0 Å². The molecule has 0 radical (unpaired) electrons. The molecule has 0 amide bonds. The molecule has 0 aliphatic carbocycles. The molecule has 2 nitrogen and oxygen atoms in total. The Labute approximate surface area is 99.3 Å². The summed E-state index contributed by atoms with van der Waals surface area (Å²) >= 11 is 3.45. The quantitative estimate of drug-likeness (QED) is 0.833. The van der Waals surface area contributed by atoms with E-state index in [1.807, 2.05) is 25.1 Å². The van der Waals surface area contributed by atoms with Gasteiger partial charge in [-0.25, -0.2) is 0 Å². The van der Waals surface area contributed by atoms with Crippen molar-refractivity contribution in [2.24, 2.45) is 5.73 Å². The minimum absolute atomic E-state index is 0.488. The van der Waals surface area contributed by atoms with Crippen LogP contribution in [0, 0.1) is 0 Å². The Hall–Kier alpha value is -0.800. The van der Waals surface area contributed by atoms with Gasteiger partial charge in [-0.1, -0.05) is 17.7 Å². The van der Waals surface area contributed by atoms with Crippen LogP contribution in [0.2, 0.25) is 0 Å². The van der Waals surface area contributed by atoms with Crippen LogP contribution in [-0.4, -0.2) is 6.61 Å². The second-order valence-electron chi connectivity index (χ2n) is 3.49. The summed E-state index contributed by atoms with van der Waals surface area (Å²) in [5.74, 6) is 0.848. The van der Waals surface area contributed by atoms with E-state index in [1.165, 1.54) is 0 Å². The van der Waals surface area contributed by atoms with Gasteiger partial charge in [0.25, 0.3) is 0 Å². The highest BCUT2D eigenvalue weighted by Gasteiger charge is 2.06. The monoisotopic (exact) mass is 269 g/mol. The van der Waals surface area contributed by atoms with Crippen LogP contribution >= 0.6 is 15.9 Å². The second kappa shape index (κ2) is 5.93. The maximum atomic E-state index is 5.68. The summed E-state index contributed by atoms with van der Waals surface area (Å²) in [5.41, 5.74) is 7.77. The largest absolute Gasteiger partial charge is 0.492 e. The third-order valence-electron chi connectivity index (χ3n) is 2.04. The maximum absolute atomic E-state index is 5.68. The number of halogens is 1. The average molecular weight is 270 g/mol. The van der Waals surface area contributed by atoms with Crippen LogP contribution in [0.5, 0.6) is 5.75 Å². The van der Waals surface area contributed by atoms with Crippen LogP contribution in [0.15, 0.2) is 34.8 Å². The molecule has 0 unspecified atom stereocenters. The van der Waals surface area contributed by atoms with Gasteiger partial charge in [-0.3, -0.25) is 0 Å². The lowest BCUT2D eigenvalue weighted by Crippen LogP contribution is -2.04. The predicted molar refractivity (Wildman–Crippen MR) is 67.0 cm³/mol. The van der Waals surface area contributed by atoms with E-state index in [9.17, 15) is 0 Å². The molecule has 2 N–H and O–H groups in total. The van der Waals surface area contributed by atoms with Crippen molar-refractivity contribution in [3.05, 3.63) is 40.4 Å². The number of nitrogens with two attached hydrogens (primary N) is 1. The zero-order valence-electron chi connectivity index (χ0n) is 8.92. The summed E-state index contributed by atoms with van der Waals surface area (Å²) in [6.45, 7) is 6.96. The van der Waals surface area contributed by atoms with Gasteiger partial charge in [0, 0.05) is 18.5 Å². The molecule has 15 heavy (non-hydrogen) atoms. The molecule has 0 bridgehead atoms. The van der Waals surface area contributed by atoms with Gasteiger partial charge in [0.05, 0.1) is 11.1 Å². The maximum Gasteiger partial charge on any atom is 0.137 e. The van der Waals surface area contributed by atoms with Crippen LogP contribution in [0.4, 0.5) is 0 Å². The molecule has 0 aliphatic heterocycles. The van der Waals surface area contributed by atoms with Gasteiger partial charge in [0.1, 0.15) is 5.75 Å². The minimum atomic E-state index is 0.488. The lowest BCUT2D eigenvalue weighted by atomic mass is 10.2. The van der Waals surface area contributed by atoms with Crippen molar-refractivity contribution < 1.29 is 4.74 Å². The van der Waals surface area contributed by atoms with Crippen molar-refractivity contribution in [2.75, 3.05) is 6.61 Å². The Morgan fingerprint density at radius 1 is 1.53 bits per heavy atom. The van der Waals surface area contributed by atoms with Crippen LogP contribution < -0.4 is 10.5 Å². The number of hydrogen-bond donors (Lipinski definition) is 1. The van der Waals surface area contributed by atoms with E-state index in [4.69, 9.17) is 10.5 Å². The molecule has 1 aromatic carbocycles. The predicted octanol–water partition coefficient (Wildman–Crippen LogP) is 3.25. The first-order chi connectivity index (χ1) is 7.15. The summed E-state index contributed by atoms with van der Waals surface area (Å²) in [7, 11) is 0. The van der Waals surface area contributed by atoms with Crippen molar-refractivity contribution >= 4 is 15.9 Å². The molecule has 0 saturated carbocycles. The highest BCUT2D eigenvalue weighted by Crippen LogP contribution is 2.28. The minimum Gasteiger partial charge on any atom is -0.492 e. The van der Waals surface area contributed by atoms with Gasteiger partial charge in [0.15, 0.2) is 0 Å². The number of rotatable bonds is 5. The Kier molecular flexibility index (Phi) is 4.85. The van der Waals surface area contributed by atoms with E-state index in [0.29, 0.717) is 13.2 Å². The Morgan fingerprint density at radius 2 is 2.27 bits per heavy atom. The van der Waals surface area contributed by atoms with Gasteiger partial charge < -0.3 is 10.5 Å². The SMILES string of the molecule is C=C(C)CCOc1c(Br)cccc1CN. The van der Waals surface area contributed by atoms with Crippen LogP contribution in [0.25, 0.3) is 0 Å². The standard InChI is InChI=1S/C12H16BrNO/c1-9(2)6-7-15-12-10(8-14)4-3-5-11(12)13/h3-5H,1,6-8,14H2,2H3. The van der Waals surface area contributed by atoms with Crippen molar-refractivity contribution in [2.45, 2.75) is 19.9 Å². The van der Waals surface area contributed by atoms with Crippen LogP contribution in [-0.2, 0) is 6.54 Å². The molecule has 0 fully saturated rings. The Balaban J connectivity index is 2.70. The zero-order chi connectivity index (χ0) is 11.3. The second-order valence-corrected chi connectivity index (χ2v) is 4.34. The summed E-state index contributed by atoms with van der Waals surface area (Å²) in [5, 5.41) is 0. The fraction of sp³-hybridized carbons (Fsp3) is 0.333. The Morgan fingerprint density at radius 3 is 2.87 bits per heavy atom. The average Bonchev–Trinajstić information content (AvgIpc) is 2.20. The van der Waals surface area contributed by atoms with E-state index in [0.717, 1.165) is 27.8 Å². The molecule has 82 valence electrons. The fourth-order valence-corrected chi connectivity index (χ4v) is 1.72. The molecule has 0 aliphatic rings. The first-order valence-electron chi connectivity index (χ1n) is 4.89. The molecule has 0 heterocycles. The van der Waals surface area contributed by atoms with Crippen molar-refractivity contribution in [3.8, 4) is 5.75 Å². The molecular weight excluding hydrogens is 254 g/mol. The fourth-order valence-electron chi connectivity index (χ4n) is 1.20. The van der Waals surface area contributed by atoms with Crippen LogP contribution in [0.1, 0.15) is 18.9 Å². The van der Waals surface area contributed by atoms with Crippen molar-refractivity contribution in [3.63, 3.8) is 0 Å². The van der Waals surface area contributed by atoms with Crippen molar-refractivity contribution in [1.29, 1.82) is 0 Å². The lowest BCUT2D eigenvalue weighted by Gasteiger charge is -2.12. The van der Waals surface area contributed by atoms with E-state index in [1.54, 1.807) is 0 Å². The molecular formula is C12H16BrNO. The van der Waals surface area contributed by atoms with Gasteiger partial charge >= 0.3 is 0 Å². The summed E-state index contributed by atoms with van der Waals surface area (Å²) in [6, 6.07) is 5.88. The highest BCUT2D eigenvalue weighted by molar-refractivity contribution is 9.10. The van der Waals surface area contributed by atoms with E-state index in [-0.39, 0.29) is 0 Å². The van der Waals surface area contributed by atoms with Gasteiger partial charge in [-0.15, -0.1) is 6.58 Å². The third-order valence-corrected chi connectivity index (χ3v) is 2.67. The molecule has 0 spiro atoms. The molecule has 0 aromatic heterocycles. The topological polar surface area (TPSA) is 35.2 Å². The van der Waals surface area contributed by atoms with Gasteiger partial charge in [0.2, 0.25) is 0 Å². The first kappa shape index (κ1) is 12.3. The number of ether oxygens (including phenoxy) is 1. The normalized spacial score (nSPS) is 10.1. The number of para-hydroxylation sites is 1. The third kappa shape index (κ3) is 3.68. The van der Waals surface area contributed by atoms with Crippen LogP contribution in [0.3, 0.4) is 0 Å². The number of hydrogen-bond acceptors (Lipinski definition) is 2. The van der Waals surface area contributed by atoms with E-state index >= 15 is 0 Å². The van der Waals surface area contributed by atoms with Crippen molar-refractivity contribution in [1.82, 2.24) is 0 Å². The molecule has 1 aromatic rings. The highest BCUT2D eigenvalue weighted by atomic mass is 79.9. The zero-order valence-corrected chi connectivity index (χ0v) is 10.5. The Bertz CT molecular complexity index is 349. The number of benzene rings is 1. The summed E-state index contributed by atoms with van der Waals surface area (Å²) < 4.78 is 6.63.